The quantitative estimate of drug-likeness (QED) is 0.787. The SMILES string of the molecule is O=C(C1CCCN(C(=O)C2CC2)C1)N1CC(CO)C1. The second kappa shape index (κ2) is 5.12. The molecule has 0 radical (unpaired) electrons. The number of hydrogen-bond donors (Lipinski definition) is 1. The number of hydrogen-bond acceptors (Lipinski definition) is 3. The molecule has 1 saturated carbocycles. The summed E-state index contributed by atoms with van der Waals surface area (Å²) in [6, 6.07) is 0. The van der Waals surface area contributed by atoms with Crippen LogP contribution in [0.1, 0.15) is 25.7 Å². The van der Waals surface area contributed by atoms with Crippen LogP contribution in [0.5, 0.6) is 0 Å². The van der Waals surface area contributed by atoms with E-state index >= 15 is 0 Å². The highest BCUT2D eigenvalue weighted by molar-refractivity contribution is 5.83. The van der Waals surface area contributed by atoms with Crippen molar-refractivity contribution in [3.05, 3.63) is 0 Å². The van der Waals surface area contributed by atoms with Gasteiger partial charge in [-0.15, -0.1) is 0 Å². The fraction of sp³-hybridized carbons (Fsp3) is 0.857. The summed E-state index contributed by atoms with van der Waals surface area (Å²) in [6.07, 6.45) is 3.89. The number of amides is 2. The third-order valence-corrected chi connectivity index (χ3v) is 4.54. The molecule has 1 N–H and O–H groups in total. The van der Waals surface area contributed by atoms with Gasteiger partial charge < -0.3 is 14.9 Å². The third-order valence-electron chi connectivity index (χ3n) is 4.54. The predicted molar refractivity (Wildman–Crippen MR) is 69.2 cm³/mol. The highest BCUT2D eigenvalue weighted by Crippen LogP contribution is 2.33. The van der Waals surface area contributed by atoms with Crippen molar-refractivity contribution in [3.63, 3.8) is 0 Å². The minimum atomic E-state index is -0.0175. The highest BCUT2D eigenvalue weighted by Gasteiger charge is 2.39. The van der Waals surface area contributed by atoms with Crippen LogP contribution < -0.4 is 0 Å². The molecule has 2 aliphatic heterocycles. The van der Waals surface area contributed by atoms with Gasteiger partial charge in [0, 0.05) is 44.6 Å². The largest absolute Gasteiger partial charge is 0.396 e. The summed E-state index contributed by atoms with van der Waals surface area (Å²) in [5.74, 6) is 0.928. The zero-order valence-electron chi connectivity index (χ0n) is 11.3. The van der Waals surface area contributed by atoms with Crippen LogP contribution in [-0.4, -0.2) is 59.5 Å². The summed E-state index contributed by atoms with van der Waals surface area (Å²) >= 11 is 0. The van der Waals surface area contributed by atoms with E-state index < -0.39 is 0 Å². The number of aliphatic hydroxyl groups is 1. The number of nitrogens with zero attached hydrogens (tertiary/aromatic N) is 2. The maximum Gasteiger partial charge on any atom is 0.227 e. The molecule has 0 aromatic rings. The van der Waals surface area contributed by atoms with E-state index in [0.717, 1.165) is 32.2 Å². The number of carbonyl (C=O) groups is 2. The summed E-state index contributed by atoms with van der Waals surface area (Å²) in [5.41, 5.74) is 0. The molecule has 3 rings (SSSR count). The van der Waals surface area contributed by atoms with E-state index in [1.165, 1.54) is 0 Å². The molecule has 1 atom stereocenters. The Labute approximate surface area is 113 Å². The molecule has 0 aromatic carbocycles. The van der Waals surface area contributed by atoms with Gasteiger partial charge in [-0.3, -0.25) is 9.59 Å². The van der Waals surface area contributed by atoms with E-state index in [4.69, 9.17) is 5.11 Å². The Balaban J connectivity index is 1.53. The van der Waals surface area contributed by atoms with E-state index in [2.05, 4.69) is 0 Å². The second-order valence-electron chi connectivity index (χ2n) is 6.19. The molecule has 1 unspecified atom stereocenters. The van der Waals surface area contributed by atoms with Gasteiger partial charge in [-0.05, 0) is 25.7 Å². The van der Waals surface area contributed by atoms with E-state index in [-0.39, 0.29) is 36.2 Å². The molecule has 0 aromatic heterocycles. The van der Waals surface area contributed by atoms with Crippen molar-refractivity contribution in [3.8, 4) is 0 Å². The molecule has 3 fully saturated rings. The molecule has 5 nitrogen and oxygen atoms in total. The topological polar surface area (TPSA) is 60.9 Å². The molecule has 0 spiro atoms. The number of aliphatic hydroxyl groups excluding tert-OH is 1. The van der Waals surface area contributed by atoms with Gasteiger partial charge in [0.1, 0.15) is 0 Å². The van der Waals surface area contributed by atoms with Crippen LogP contribution in [-0.2, 0) is 9.59 Å². The number of rotatable bonds is 3. The molecule has 1 aliphatic carbocycles. The minimum Gasteiger partial charge on any atom is -0.396 e. The summed E-state index contributed by atoms with van der Waals surface area (Å²) in [7, 11) is 0. The zero-order chi connectivity index (χ0) is 13.4. The van der Waals surface area contributed by atoms with Crippen LogP contribution >= 0.6 is 0 Å². The van der Waals surface area contributed by atoms with Crippen molar-refractivity contribution in [1.82, 2.24) is 9.80 Å². The molecule has 106 valence electrons. The molecule has 19 heavy (non-hydrogen) atoms. The first kappa shape index (κ1) is 12.9. The molecule has 0 bridgehead atoms. The smallest absolute Gasteiger partial charge is 0.227 e. The molecular weight excluding hydrogens is 244 g/mol. The van der Waals surface area contributed by atoms with Gasteiger partial charge in [0.15, 0.2) is 0 Å². The summed E-state index contributed by atoms with van der Waals surface area (Å²) < 4.78 is 0. The minimum absolute atomic E-state index is 0.0175. The zero-order valence-corrected chi connectivity index (χ0v) is 11.3. The monoisotopic (exact) mass is 266 g/mol. The van der Waals surface area contributed by atoms with Crippen LogP contribution in [0.25, 0.3) is 0 Å². The van der Waals surface area contributed by atoms with E-state index in [0.29, 0.717) is 19.6 Å². The van der Waals surface area contributed by atoms with E-state index in [9.17, 15) is 9.59 Å². The Kier molecular flexibility index (Phi) is 3.48. The lowest BCUT2D eigenvalue weighted by molar-refractivity contribution is -0.147. The van der Waals surface area contributed by atoms with Crippen LogP contribution in [0.4, 0.5) is 0 Å². The maximum absolute atomic E-state index is 12.3. The van der Waals surface area contributed by atoms with Gasteiger partial charge in [-0.2, -0.15) is 0 Å². The van der Waals surface area contributed by atoms with Crippen LogP contribution in [0.2, 0.25) is 0 Å². The van der Waals surface area contributed by atoms with Crippen LogP contribution in [0.3, 0.4) is 0 Å². The first-order valence-corrected chi connectivity index (χ1v) is 7.37. The van der Waals surface area contributed by atoms with Crippen molar-refractivity contribution >= 4 is 11.8 Å². The normalized spacial score (nSPS) is 28.2. The summed E-state index contributed by atoms with van der Waals surface area (Å²) in [6.45, 7) is 2.96. The van der Waals surface area contributed by atoms with Gasteiger partial charge in [-0.1, -0.05) is 0 Å². The Bertz CT molecular complexity index is 375. The number of carbonyl (C=O) groups excluding carboxylic acids is 2. The van der Waals surface area contributed by atoms with Gasteiger partial charge in [0.05, 0.1) is 5.92 Å². The lowest BCUT2D eigenvalue weighted by atomic mass is 9.92. The second-order valence-corrected chi connectivity index (χ2v) is 6.19. The van der Waals surface area contributed by atoms with Crippen molar-refractivity contribution in [2.45, 2.75) is 25.7 Å². The Hall–Kier alpha value is -1.10. The van der Waals surface area contributed by atoms with Crippen molar-refractivity contribution in [1.29, 1.82) is 0 Å². The standard InChI is InChI=1S/C14H22N2O3/c17-9-10-6-16(7-10)14(19)12-2-1-5-15(8-12)13(18)11-3-4-11/h10-12,17H,1-9H2. The van der Waals surface area contributed by atoms with E-state index in [1.54, 1.807) is 0 Å². The average Bonchev–Trinajstić information content (AvgIpc) is 3.21. The third kappa shape index (κ3) is 2.61. The summed E-state index contributed by atoms with van der Waals surface area (Å²) in [5, 5.41) is 8.99. The fourth-order valence-electron chi connectivity index (χ4n) is 3.09. The lowest BCUT2D eigenvalue weighted by Gasteiger charge is -2.42. The van der Waals surface area contributed by atoms with Crippen LogP contribution in [0.15, 0.2) is 0 Å². The Morgan fingerprint density at radius 2 is 1.63 bits per heavy atom. The molecule has 2 amide bonds. The predicted octanol–water partition coefficient (Wildman–Crippen LogP) is 0.0857. The van der Waals surface area contributed by atoms with Gasteiger partial charge >= 0.3 is 0 Å². The first-order chi connectivity index (χ1) is 9.19. The molecule has 2 saturated heterocycles. The Morgan fingerprint density at radius 3 is 2.26 bits per heavy atom. The molecule has 3 aliphatic rings. The number of likely N-dealkylation sites (tertiary alicyclic amines) is 2. The van der Waals surface area contributed by atoms with Gasteiger partial charge in [0.2, 0.25) is 11.8 Å². The molecule has 5 heteroatoms. The fourth-order valence-corrected chi connectivity index (χ4v) is 3.09. The van der Waals surface area contributed by atoms with E-state index in [1.807, 2.05) is 9.80 Å². The summed E-state index contributed by atoms with van der Waals surface area (Å²) in [4.78, 5) is 28.1. The first-order valence-electron chi connectivity index (χ1n) is 7.37. The van der Waals surface area contributed by atoms with Gasteiger partial charge in [-0.25, -0.2) is 0 Å². The van der Waals surface area contributed by atoms with Gasteiger partial charge in [0.25, 0.3) is 0 Å². The van der Waals surface area contributed by atoms with Crippen molar-refractivity contribution < 1.29 is 14.7 Å². The average molecular weight is 266 g/mol. The molecule has 2 heterocycles. The Morgan fingerprint density at radius 1 is 0.947 bits per heavy atom. The number of piperidine rings is 1. The maximum atomic E-state index is 12.3. The molecular formula is C14H22N2O3. The van der Waals surface area contributed by atoms with Crippen LogP contribution in [0, 0.1) is 17.8 Å². The van der Waals surface area contributed by atoms with Crippen molar-refractivity contribution in [2.75, 3.05) is 32.8 Å². The van der Waals surface area contributed by atoms with Crippen molar-refractivity contribution in [2.24, 2.45) is 17.8 Å². The highest BCUT2D eigenvalue weighted by atomic mass is 16.3. The lowest BCUT2D eigenvalue weighted by Crippen LogP contribution is -2.55.